The fraction of sp³-hybridized carbons (Fsp3) is 0.292. The van der Waals surface area contributed by atoms with Crippen LogP contribution in [0.15, 0.2) is 54.6 Å². The second-order valence-corrected chi connectivity index (χ2v) is 8.20. The number of piperazine rings is 1. The fourth-order valence-electron chi connectivity index (χ4n) is 3.51. The molecule has 2 aromatic carbocycles. The molecule has 0 radical (unpaired) electrons. The number of nitrogens with one attached hydrogen (secondary N) is 1. The standard InChI is InChI=1S/C24H26ClN5O2/c1-17-3-7-20(8-4-17)28-22-15-23(27-18(2)26-22)29-11-13-30(14-12-29)24(31)16-32-21-9-5-19(25)6-10-21/h3-10,15H,11-14,16H2,1-2H3,(H,26,27,28). The van der Waals surface area contributed by atoms with E-state index in [0.717, 1.165) is 17.3 Å². The minimum atomic E-state index is -0.0276. The van der Waals surface area contributed by atoms with Crippen molar-refractivity contribution >= 4 is 34.8 Å². The topological polar surface area (TPSA) is 70.6 Å². The number of hydrogen-bond acceptors (Lipinski definition) is 6. The van der Waals surface area contributed by atoms with Gasteiger partial charge in [-0.3, -0.25) is 4.79 Å². The minimum absolute atomic E-state index is 0.0128. The van der Waals surface area contributed by atoms with Crippen LogP contribution in [-0.4, -0.2) is 53.6 Å². The van der Waals surface area contributed by atoms with Gasteiger partial charge in [-0.2, -0.15) is 0 Å². The third-order valence-electron chi connectivity index (χ3n) is 5.28. The molecule has 1 N–H and O–H groups in total. The van der Waals surface area contributed by atoms with E-state index in [1.54, 1.807) is 24.3 Å². The maximum atomic E-state index is 12.5. The first kappa shape index (κ1) is 21.9. The van der Waals surface area contributed by atoms with E-state index in [4.69, 9.17) is 16.3 Å². The third-order valence-corrected chi connectivity index (χ3v) is 5.53. The normalized spacial score (nSPS) is 13.7. The number of benzene rings is 2. The van der Waals surface area contributed by atoms with Crippen molar-refractivity contribution in [3.63, 3.8) is 0 Å². The van der Waals surface area contributed by atoms with Crippen LogP contribution in [0.25, 0.3) is 0 Å². The molecule has 2 heterocycles. The number of anilines is 3. The molecule has 0 saturated carbocycles. The zero-order valence-corrected chi connectivity index (χ0v) is 19.0. The van der Waals surface area contributed by atoms with Gasteiger partial charge in [-0.05, 0) is 50.2 Å². The lowest BCUT2D eigenvalue weighted by molar-refractivity contribution is -0.133. The molecule has 1 saturated heterocycles. The molecule has 0 unspecified atom stereocenters. The predicted molar refractivity (Wildman–Crippen MR) is 127 cm³/mol. The van der Waals surface area contributed by atoms with Crippen LogP contribution in [0, 0.1) is 13.8 Å². The Balaban J connectivity index is 1.33. The molecule has 0 aliphatic carbocycles. The van der Waals surface area contributed by atoms with E-state index in [0.29, 0.717) is 42.8 Å². The maximum Gasteiger partial charge on any atom is 0.260 e. The van der Waals surface area contributed by atoms with E-state index >= 15 is 0 Å². The van der Waals surface area contributed by atoms with Crippen LogP contribution in [0.3, 0.4) is 0 Å². The molecule has 4 rings (SSSR count). The molecular formula is C24H26ClN5O2. The smallest absolute Gasteiger partial charge is 0.260 e. The lowest BCUT2D eigenvalue weighted by atomic mass is 10.2. The molecule has 32 heavy (non-hydrogen) atoms. The number of aryl methyl sites for hydroxylation is 2. The lowest BCUT2D eigenvalue weighted by Gasteiger charge is -2.35. The number of aromatic nitrogens is 2. The van der Waals surface area contributed by atoms with Crippen LogP contribution in [0.4, 0.5) is 17.3 Å². The van der Waals surface area contributed by atoms with Gasteiger partial charge >= 0.3 is 0 Å². The van der Waals surface area contributed by atoms with Gasteiger partial charge in [0, 0.05) is 43.0 Å². The van der Waals surface area contributed by atoms with Gasteiger partial charge in [0.2, 0.25) is 0 Å². The monoisotopic (exact) mass is 451 g/mol. The SMILES string of the molecule is Cc1ccc(Nc2cc(N3CCN(C(=O)COc4ccc(Cl)cc4)CC3)nc(C)n2)cc1. The summed E-state index contributed by atoms with van der Waals surface area (Å²) in [6, 6.07) is 17.1. The van der Waals surface area contributed by atoms with E-state index in [-0.39, 0.29) is 12.5 Å². The largest absolute Gasteiger partial charge is 0.484 e. The average molecular weight is 452 g/mol. The van der Waals surface area contributed by atoms with E-state index in [1.165, 1.54) is 5.56 Å². The Hall–Kier alpha value is -3.32. The summed E-state index contributed by atoms with van der Waals surface area (Å²) in [5.74, 6) is 2.92. The van der Waals surface area contributed by atoms with Crippen molar-refractivity contribution in [2.45, 2.75) is 13.8 Å². The Morgan fingerprint density at radius 2 is 1.69 bits per heavy atom. The van der Waals surface area contributed by atoms with E-state index in [9.17, 15) is 4.79 Å². The molecule has 1 fully saturated rings. The zero-order chi connectivity index (χ0) is 22.5. The number of ether oxygens (including phenoxy) is 1. The third kappa shape index (κ3) is 5.68. The Bertz CT molecular complexity index is 1060. The van der Waals surface area contributed by atoms with Crippen molar-refractivity contribution in [3.05, 3.63) is 71.0 Å². The highest BCUT2D eigenvalue weighted by molar-refractivity contribution is 6.30. The Morgan fingerprint density at radius 1 is 1.00 bits per heavy atom. The molecular weight excluding hydrogens is 426 g/mol. The molecule has 0 spiro atoms. The van der Waals surface area contributed by atoms with Crippen LogP contribution in [0.5, 0.6) is 5.75 Å². The van der Waals surface area contributed by atoms with Crippen molar-refractivity contribution in [1.29, 1.82) is 0 Å². The lowest BCUT2D eigenvalue weighted by Crippen LogP contribution is -2.50. The van der Waals surface area contributed by atoms with Crippen molar-refractivity contribution in [1.82, 2.24) is 14.9 Å². The highest BCUT2D eigenvalue weighted by Gasteiger charge is 2.23. The second kappa shape index (κ2) is 9.87. The summed E-state index contributed by atoms with van der Waals surface area (Å²) in [5, 5.41) is 3.98. The van der Waals surface area contributed by atoms with Gasteiger partial charge in [0.1, 0.15) is 23.2 Å². The predicted octanol–water partition coefficient (Wildman–Crippen LogP) is 4.22. The Kier molecular flexibility index (Phi) is 6.75. The van der Waals surface area contributed by atoms with Crippen LogP contribution in [0.2, 0.25) is 5.02 Å². The molecule has 3 aromatic rings. The van der Waals surface area contributed by atoms with Crippen molar-refractivity contribution in [2.75, 3.05) is 43.0 Å². The summed E-state index contributed by atoms with van der Waals surface area (Å²) in [6.45, 7) is 6.60. The van der Waals surface area contributed by atoms with E-state index in [1.807, 2.05) is 30.0 Å². The van der Waals surface area contributed by atoms with E-state index < -0.39 is 0 Å². The van der Waals surface area contributed by atoms with E-state index in [2.05, 4.69) is 39.2 Å². The molecule has 1 aliphatic heterocycles. The highest BCUT2D eigenvalue weighted by Crippen LogP contribution is 2.21. The summed E-state index contributed by atoms with van der Waals surface area (Å²) in [7, 11) is 0. The molecule has 1 aliphatic rings. The molecule has 1 aromatic heterocycles. The first-order chi connectivity index (χ1) is 15.5. The Morgan fingerprint density at radius 3 is 2.38 bits per heavy atom. The molecule has 8 heteroatoms. The summed E-state index contributed by atoms with van der Waals surface area (Å²) < 4.78 is 5.59. The summed E-state index contributed by atoms with van der Waals surface area (Å²) in [6.07, 6.45) is 0. The number of nitrogens with zero attached hydrogens (tertiary/aromatic N) is 4. The summed E-state index contributed by atoms with van der Waals surface area (Å²) in [4.78, 5) is 25.7. The van der Waals surface area contributed by atoms with Crippen LogP contribution < -0.4 is 15.0 Å². The fourth-order valence-corrected chi connectivity index (χ4v) is 3.64. The van der Waals surface area contributed by atoms with Crippen molar-refractivity contribution < 1.29 is 9.53 Å². The van der Waals surface area contributed by atoms with Gasteiger partial charge in [0.05, 0.1) is 0 Å². The van der Waals surface area contributed by atoms with Gasteiger partial charge in [-0.15, -0.1) is 0 Å². The highest BCUT2D eigenvalue weighted by atomic mass is 35.5. The van der Waals surface area contributed by atoms with Crippen molar-refractivity contribution in [3.8, 4) is 5.75 Å². The van der Waals surface area contributed by atoms with Gasteiger partial charge in [-0.25, -0.2) is 9.97 Å². The summed E-state index contributed by atoms with van der Waals surface area (Å²) in [5.41, 5.74) is 2.19. The van der Waals surface area contributed by atoms with Gasteiger partial charge < -0.3 is 19.9 Å². The number of halogens is 1. The molecule has 0 bridgehead atoms. The second-order valence-electron chi connectivity index (χ2n) is 7.76. The van der Waals surface area contributed by atoms with Crippen molar-refractivity contribution in [2.24, 2.45) is 0 Å². The summed E-state index contributed by atoms with van der Waals surface area (Å²) >= 11 is 5.88. The average Bonchev–Trinajstić information content (AvgIpc) is 2.80. The number of hydrogen-bond donors (Lipinski definition) is 1. The number of amides is 1. The maximum absolute atomic E-state index is 12.5. The van der Waals surface area contributed by atoms with Crippen LogP contribution >= 0.6 is 11.6 Å². The first-order valence-corrected chi connectivity index (χ1v) is 10.9. The minimum Gasteiger partial charge on any atom is -0.484 e. The molecule has 7 nitrogen and oxygen atoms in total. The van der Waals surface area contributed by atoms with Gasteiger partial charge in [0.15, 0.2) is 6.61 Å². The van der Waals surface area contributed by atoms with Gasteiger partial charge in [0.25, 0.3) is 5.91 Å². The first-order valence-electron chi connectivity index (χ1n) is 10.6. The molecule has 166 valence electrons. The zero-order valence-electron chi connectivity index (χ0n) is 18.2. The number of carbonyl (C=O) groups is 1. The molecule has 1 amide bonds. The van der Waals surface area contributed by atoms with Crippen LogP contribution in [-0.2, 0) is 4.79 Å². The van der Waals surface area contributed by atoms with Crippen LogP contribution in [0.1, 0.15) is 11.4 Å². The quantitative estimate of drug-likeness (QED) is 0.605. The van der Waals surface area contributed by atoms with Gasteiger partial charge in [-0.1, -0.05) is 29.3 Å². The Labute approximate surface area is 193 Å². The number of rotatable bonds is 6. The number of carbonyl (C=O) groups excluding carboxylic acids is 1. The molecule has 0 atom stereocenters.